The smallest absolute Gasteiger partial charge is 0.0600 e. The van der Waals surface area contributed by atoms with Crippen LogP contribution in [0.3, 0.4) is 0 Å². The molecule has 0 bridgehead atoms. The van der Waals surface area contributed by atoms with Gasteiger partial charge in [-0.05, 0) is 430 Å². The quantitative estimate of drug-likeness (QED) is 0.0426. The Labute approximate surface area is 869 Å². The summed E-state index contributed by atoms with van der Waals surface area (Å²) in [5, 5.41) is 0. The van der Waals surface area contributed by atoms with E-state index in [4.69, 9.17) is 52.1 Å². The van der Waals surface area contributed by atoms with Gasteiger partial charge < -0.3 is 66.8 Å². The monoisotopic (exact) mass is 1970 g/mol. The number of piperidine rings is 2. The van der Waals surface area contributed by atoms with Crippen molar-refractivity contribution in [2.75, 3.05) is 204 Å². The summed E-state index contributed by atoms with van der Waals surface area (Å²) in [6.45, 7) is 136. The van der Waals surface area contributed by atoms with Gasteiger partial charge in [0.15, 0.2) is 0 Å². The van der Waals surface area contributed by atoms with Crippen LogP contribution in [-0.4, -0.2) is 305 Å². The van der Waals surface area contributed by atoms with Gasteiger partial charge in [0.1, 0.15) is 0 Å². The highest BCUT2D eigenvalue weighted by molar-refractivity contribution is 5.14. The van der Waals surface area contributed by atoms with Gasteiger partial charge >= 0.3 is 0 Å². The third-order valence-electron chi connectivity index (χ3n) is 23.2. The average molecular weight is 1980 g/mol. The maximum atomic E-state index is 5.78. The van der Waals surface area contributed by atoms with Crippen LogP contribution in [0.2, 0.25) is 0 Å². The molecule has 0 unspecified atom stereocenters. The highest BCUT2D eigenvalue weighted by Crippen LogP contribution is 2.30. The molecule has 0 atom stereocenters. The van der Waals surface area contributed by atoms with Crippen LogP contribution in [0.15, 0.2) is 0 Å². The van der Waals surface area contributed by atoms with Crippen molar-refractivity contribution >= 4 is 0 Å². The number of hydrogen-bond donors (Lipinski definition) is 0. The Morgan fingerprint density at radius 2 is 0.446 bits per heavy atom. The minimum absolute atomic E-state index is 0.00189. The lowest BCUT2D eigenvalue weighted by Crippen LogP contribution is -2.53. The van der Waals surface area contributed by atoms with Crippen LogP contribution in [0.4, 0.5) is 0 Å². The molecule has 5 saturated heterocycles. The summed E-state index contributed by atoms with van der Waals surface area (Å²) in [5.41, 5.74) is 2.14. The number of ether oxygens (including phenoxy) is 11. The fourth-order valence-electron chi connectivity index (χ4n) is 15.1. The zero-order chi connectivity index (χ0) is 108. The summed E-state index contributed by atoms with van der Waals surface area (Å²) in [4.78, 5) is 18.0. The van der Waals surface area contributed by atoms with Gasteiger partial charge in [-0.3, -0.25) is 19.6 Å². The van der Waals surface area contributed by atoms with Crippen molar-refractivity contribution in [1.82, 2.24) is 34.3 Å². The van der Waals surface area contributed by atoms with Gasteiger partial charge in [0.2, 0.25) is 0 Å². The van der Waals surface area contributed by atoms with Crippen molar-refractivity contribution in [2.24, 2.45) is 39.4 Å². The van der Waals surface area contributed by atoms with Crippen molar-refractivity contribution < 1.29 is 52.1 Å². The van der Waals surface area contributed by atoms with Crippen LogP contribution in [0, 0.1) is 63.1 Å². The molecule has 0 amide bonds. The predicted molar refractivity (Wildman–Crippen MR) is 604 cm³/mol. The van der Waals surface area contributed by atoms with Crippen LogP contribution in [0.5, 0.6) is 0 Å². The Bertz CT molecular complexity index is 2870. The molecule has 0 aromatic rings. The van der Waals surface area contributed by atoms with Crippen molar-refractivity contribution in [2.45, 2.75) is 521 Å². The molecule has 5 aliphatic heterocycles. The molecule has 0 saturated carbocycles. The molecular formula is C121H247N7O11. The SMILES string of the molecule is CC(C)(C)C#CC1CCN(CCOC(C)(C)C)CC1.CC(C)(C)C#CC1CN(CC2CCN(C(C)(C)C)CC2)C1.CC(C)(C)CCCCCCOC(C)(C)C.CC(C)(C)CCCCOCCCOC(C)(C)C.CC(C)(C)OCCCCCOC(C)(C)C.CC(C)(C)OCCCN1CCN(C(C)(C)C)CC1.CC(C)(C)OCCCOCCCOC(C)(C)C.CC(C)(C)OCCN1CCN(C(C)(C)C)CC1. The largest absolute Gasteiger partial charge is 0.381 e. The van der Waals surface area contributed by atoms with E-state index in [0.717, 1.165) is 157 Å². The average Bonchev–Trinajstić information content (AvgIpc) is 0.830. The Balaban J connectivity index is -0.00000152. The van der Waals surface area contributed by atoms with Crippen molar-refractivity contribution in [3.8, 4) is 23.7 Å². The number of piperazine rings is 2. The summed E-state index contributed by atoms with van der Waals surface area (Å²) in [7, 11) is 0. The third kappa shape index (κ3) is 103. The lowest BCUT2D eigenvalue weighted by atomic mass is 9.89. The molecule has 0 N–H and O–H groups in total. The molecular weight excluding hydrogens is 1730 g/mol. The Hall–Kier alpha value is -1.60. The van der Waals surface area contributed by atoms with Gasteiger partial charge in [-0.1, -0.05) is 90.9 Å². The number of unbranched alkanes of at least 4 members (excludes halogenated alkanes) is 6. The zero-order valence-electron chi connectivity index (χ0n) is 103. The molecule has 0 radical (unpaired) electrons. The second-order valence-electron chi connectivity index (χ2n) is 56.8. The molecule has 832 valence electrons. The second-order valence-corrected chi connectivity index (χ2v) is 56.8. The van der Waals surface area contributed by atoms with Gasteiger partial charge in [0.25, 0.3) is 0 Å². The van der Waals surface area contributed by atoms with Crippen LogP contribution in [-0.2, 0) is 52.1 Å². The van der Waals surface area contributed by atoms with E-state index in [1.807, 2.05) is 0 Å². The van der Waals surface area contributed by atoms with Gasteiger partial charge in [0.05, 0.1) is 63.6 Å². The normalized spacial score (nSPS) is 17.4. The van der Waals surface area contributed by atoms with Crippen LogP contribution in [0.1, 0.15) is 454 Å². The molecule has 5 fully saturated rings. The minimum atomic E-state index is -0.0411. The maximum Gasteiger partial charge on any atom is 0.0600 e. The second kappa shape index (κ2) is 69.7. The van der Waals surface area contributed by atoms with Crippen molar-refractivity contribution in [3.05, 3.63) is 0 Å². The van der Waals surface area contributed by atoms with E-state index in [1.165, 1.54) is 175 Å². The van der Waals surface area contributed by atoms with Gasteiger partial charge in [-0.15, -0.1) is 0 Å². The lowest BCUT2D eigenvalue weighted by molar-refractivity contribution is -0.0239. The first-order chi connectivity index (χ1) is 63.0. The van der Waals surface area contributed by atoms with E-state index in [-0.39, 0.29) is 61.2 Å². The Morgan fingerprint density at radius 1 is 0.209 bits per heavy atom. The molecule has 0 aliphatic carbocycles. The maximum absolute atomic E-state index is 5.78. The van der Waals surface area contributed by atoms with Crippen molar-refractivity contribution in [1.29, 1.82) is 0 Å². The first-order valence-corrected chi connectivity index (χ1v) is 56.1. The molecule has 139 heavy (non-hydrogen) atoms. The van der Waals surface area contributed by atoms with Gasteiger partial charge in [-0.25, -0.2) is 0 Å². The molecule has 0 aromatic carbocycles. The topological polar surface area (TPSA) is 124 Å². The predicted octanol–water partition coefficient (Wildman–Crippen LogP) is 28.3. The van der Waals surface area contributed by atoms with E-state index in [2.05, 4.69) is 390 Å². The number of nitrogens with zero attached hydrogens (tertiary/aromatic N) is 7. The first kappa shape index (κ1) is 142. The van der Waals surface area contributed by atoms with E-state index < -0.39 is 0 Å². The van der Waals surface area contributed by atoms with Gasteiger partial charge in [0, 0.05) is 204 Å². The fourth-order valence-corrected chi connectivity index (χ4v) is 15.1. The van der Waals surface area contributed by atoms with E-state index in [1.54, 1.807) is 0 Å². The summed E-state index contributed by atoms with van der Waals surface area (Å²) < 4.78 is 62.2. The highest BCUT2D eigenvalue weighted by Gasteiger charge is 2.33. The van der Waals surface area contributed by atoms with Crippen LogP contribution >= 0.6 is 0 Å². The van der Waals surface area contributed by atoms with E-state index >= 15 is 0 Å². The first-order valence-electron chi connectivity index (χ1n) is 56.1. The lowest BCUT2D eigenvalue weighted by Gasteiger charge is -2.44. The summed E-state index contributed by atoms with van der Waals surface area (Å²) >= 11 is 0. The van der Waals surface area contributed by atoms with Crippen LogP contribution in [0.25, 0.3) is 0 Å². The van der Waals surface area contributed by atoms with E-state index in [9.17, 15) is 0 Å². The summed E-state index contributed by atoms with van der Waals surface area (Å²) in [6.07, 6.45) is 22.9. The molecule has 18 nitrogen and oxygen atoms in total. The fraction of sp³-hybridized carbons (Fsp3) is 0.967. The molecule has 5 aliphatic rings. The Kier molecular flexibility index (Phi) is 71.0. The molecule has 5 rings (SSSR count). The van der Waals surface area contributed by atoms with E-state index in [0.29, 0.717) is 39.3 Å². The molecule has 18 heteroatoms. The Morgan fingerprint density at radius 3 is 0.741 bits per heavy atom. The number of hydrogen-bond acceptors (Lipinski definition) is 18. The van der Waals surface area contributed by atoms with Gasteiger partial charge in [-0.2, -0.15) is 0 Å². The summed E-state index contributed by atoms with van der Waals surface area (Å²) in [6, 6.07) is 0. The molecule has 0 spiro atoms. The molecule has 0 aromatic heterocycles. The number of rotatable bonds is 40. The highest BCUT2D eigenvalue weighted by atomic mass is 16.5. The minimum Gasteiger partial charge on any atom is -0.381 e. The standard InChI is InChI=1S/C19H34N2.C17H31NO.C15H32N2O.C15H32O2.C14H30N2O.C14H30O3.C14H30O.C13H28O2/c1-18(2,3)10-7-17-14-20(15-17)13-16-8-11-21(12-9-16)19(4,5)6;1-16(2,3)10-7-15-8-11-18(12-9-15)13-14-19-17(4,5)6;1-14(2,3)17-11-9-16(10-12-17)8-7-13-18-15(4,5)6;1-14(2,3)10-7-8-11-16-12-9-13-17-15(4,5)6;1-13(2,3)16-9-7-15(8-10-16)11-12-17-14(4,5)6;1-13(2,3)16-11-7-9-15-10-8-12-17-14(4,5)6;1-13(2,3)11-9-7-8-10-12-15-14(4,5)6;1-12(2,3)14-10-8-7-9-11-15-13(4,5)6/h16-17H,8-9,11-15H2,1-6H3;15H,8-9,11-14H2,1-6H3;7-13H2,1-6H3;7-13H2,1-6H3;2*7-12H2,1-6H3;7-12H2,1-6H3;7-11H2,1-6H3. The molecule has 5 heterocycles. The van der Waals surface area contributed by atoms with Crippen molar-refractivity contribution in [3.63, 3.8) is 0 Å². The van der Waals surface area contributed by atoms with Crippen LogP contribution < -0.4 is 0 Å². The zero-order valence-corrected chi connectivity index (χ0v) is 103. The third-order valence-corrected chi connectivity index (χ3v) is 23.2. The summed E-state index contributed by atoms with van der Waals surface area (Å²) in [5.74, 6) is 15.8. The number of likely N-dealkylation sites (tertiary alicyclic amines) is 3.